The number of Topliss-reactive ketones (excluding diaryl/α,β-unsaturated/α-hetero) is 1. The Hall–Kier alpha value is -1.02. The molecule has 1 aliphatic rings. The number of aryl methyl sites for hydroxylation is 1. The van der Waals surface area contributed by atoms with Gasteiger partial charge in [0.15, 0.2) is 5.78 Å². The Bertz CT molecular complexity index is 334. The molecule has 0 aliphatic carbocycles. The van der Waals surface area contributed by atoms with E-state index in [1.165, 1.54) is 0 Å². The zero-order valence-corrected chi connectivity index (χ0v) is 8.19. The second kappa shape index (κ2) is 3.79. The van der Waals surface area contributed by atoms with E-state index in [0.29, 0.717) is 13.0 Å². The van der Waals surface area contributed by atoms with E-state index < -0.39 is 0 Å². The first-order valence-corrected chi connectivity index (χ1v) is 4.04. The molecule has 70 valence electrons. The summed E-state index contributed by atoms with van der Waals surface area (Å²) in [7, 11) is 0. The standard InChI is InChI=1S/C10H10O2.ClH/c1-7-2-3-8-9(11)4-5-12-10(8)6-7;/h2-3,6H,4-5H2,1H3;1H. The van der Waals surface area contributed by atoms with Gasteiger partial charge < -0.3 is 4.74 Å². The largest absolute Gasteiger partial charge is 0.492 e. The van der Waals surface area contributed by atoms with Gasteiger partial charge in [-0.2, -0.15) is 0 Å². The first-order chi connectivity index (χ1) is 5.77. The lowest BCUT2D eigenvalue weighted by Crippen LogP contribution is -2.15. The Morgan fingerprint density at radius 2 is 2.15 bits per heavy atom. The molecule has 0 atom stereocenters. The third-order valence-electron chi connectivity index (χ3n) is 2.02. The maximum Gasteiger partial charge on any atom is 0.169 e. The van der Waals surface area contributed by atoms with Crippen molar-refractivity contribution in [3.8, 4) is 5.75 Å². The van der Waals surface area contributed by atoms with Gasteiger partial charge in [0.2, 0.25) is 0 Å². The summed E-state index contributed by atoms with van der Waals surface area (Å²) in [5.41, 5.74) is 1.86. The molecule has 2 nitrogen and oxygen atoms in total. The minimum Gasteiger partial charge on any atom is -0.492 e. The van der Waals surface area contributed by atoms with Crippen molar-refractivity contribution in [1.29, 1.82) is 0 Å². The van der Waals surface area contributed by atoms with E-state index in [0.717, 1.165) is 16.9 Å². The van der Waals surface area contributed by atoms with Gasteiger partial charge in [0, 0.05) is 6.42 Å². The van der Waals surface area contributed by atoms with Gasteiger partial charge in [-0.25, -0.2) is 0 Å². The van der Waals surface area contributed by atoms with Crippen LogP contribution in [0, 0.1) is 6.92 Å². The minimum absolute atomic E-state index is 0. The number of rotatable bonds is 0. The fraction of sp³-hybridized carbons (Fsp3) is 0.300. The van der Waals surface area contributed by atoms with Crippen LogP contribution in [0.4, 0.5) is 0 Å². The maximum atomic E-state index is 11.3. The van der Waals surface area contributed by atoms with E-state index in [-0.39, 0.29) is 18.2 Å². The molecule has 0 fully saturated rings. The molecule has 0 radical (unpaired) electrons. The van der Waals surface area contributed by atoms with Crippen LogP contribution in [0.5, 0.6) is 5.75 Å². The molecule has 1 aliphatic heterocycles. The number of ether oxygens (including phenoxy) is 1. The molecule has 0 saturated heterocycles. The van der Waals surface area contributed by atoms with Gasteiger partial charge in [0.1, 0.15) is 5.75 Å². The number of hydrogen-bond acceptors (Lipinski definition) is 2. The first-order valence-electron chi connectivity index (χ1n) is 4.04. The van der Waals surface area contributed by atoms with Gasteiger partial charge in [-0.3, -0.25) is 4.79 Å². The predicted octanol–water partition coefficient (Wildman–Crippen LogP) is 2.38. The summed E-state index contributed by atoms with van der Waals surface area (Å²) < 4.78 is 5.35. The fourth-order valence-corrected chi connectivity index (χ4v) is 1.37. The molecule has 0 saturated carbocycles. The van der Waals surface area contributed by atoms with Crippen molar-refractivity contribution < 1.29 is 9.53 Å². The fourth-order valence-electron chi connectivity index (χ4n) is 1.37. The summed E-state index contributed by atoms with van der Waals surface area (Å²) in [6, 6.07) is 5.68. The highest BCUT2D eigenvalue weighted by Gasteiger charge is 2.17. The monoisotopic (exact) mass is 198 g/mol. The van der Waals surface area contributed by atoms with Gasteiger partial charge in [0.25, 0.3) is 0 Å². The molecular formula is C10H11ClO2. The van der Waals surface area contributed by atoms with Gasteiger partial charge >= 0.3 is 0 Å². The molecular weight excluding hydrogens is 188 g/mol. The Morgan fingerprint density at radius 1 is 1.38 bits per heavy atom. The summed E-state index contributed by atoms with van der Waals surface area (Å²) in [6.45, 7) is 2.51. The normalized spacial score (nSPS) is 14.1. The number of carbonyl (C=O) groups excluding carboxylic acids is 1. The summed E-state index contributed by atoms with van der Waals surface area (Å²) in [4.78, 5) is 11.3. The minimum atomic E-state index is 0. The van der Waals surface area contributed by atoms with Crippen LogP contribution in [-0.2, 0) is 0 Å². The first kappa shape index (κ1) is 10.1. The average molecular weight is 199 g/mol. The number of halogens is 1. The summed E-state index contributed by atoms with van der Waals surface area (Å²) >= 11 is 0. The lowest BCUT2D eigenvalue weighted by Gasteiger charge is -2.15. The number of fused-ring (bicyclic) bond motifs is 1. The quantitative estimate of drug-likeness (QED) is 0.640. The zero-order chi connectivity index (χ0) is 8.55. The molecule has 1 aromatic carbocycles. The highest BCUT2D eigenvalue weighted by molar-refractivity contribution is 5.99. The molecule has 1 aromatic rings. The van der Waals surface area contributed by atoms with E-state index in [4.69, 9.17) is 4.74 Å². The SMILES string of the molecule is Cc1ccc2c(c1)OCCC2=O.Cl. The van der Waals surface area contributed by atoms with Crippen molar-refractivity contribution in [2.45, 2.75) is 13.3 Å². The Balaban J connectivity index is 0.000000845. The average Bonchev–Trinajstić information content (AvgIpc) is 2.04. The van der Waals surface area contributed by atoms with Crippen LogP contribution in [0.25, 0.3) is 0 Å². The van der Waals surface area contributed by atoms with Gasteiger partial charge in [-0.1, -0.05) is 6.07 Å². The number of benzene rings is 1. The van der Waals surface area contributed by atoms with Crippen LogP contribution >= 0.6 is 12.4 Å². The van der Waals surface area contributed by atoms with Crippen LogP contribution in [-0.4, -0.2) is 12.4 Å². The molecule has 1 heterocycles. The Labute approximate surface area is 83.3 Å². The second-order valence-electron chi connectivity index (χ2n) is 3.02. The van der Waals surface area contributed by atoms with Gasteiger partial charge in [-0.15, -0.1) is 12.4 Å². The van der Waals surface area contributed by atoms with E-state index >= 15 is 0 Å². The molecule has 13 heavy (non-hydrogen) atoms. The number of hydrogen-bond donors (Lipinski definition) is 0. The van der Waals surface area contributed by atoms with Crippen molar-refractivity contribution in [3.63, 3.8) is 0 Å². The van der Waals surface area contributed by atoms with E-state index in [2.05, 4.69) is 0 Å². The highest BCUT2D eigenvalue weighted by atomic mass is 35.5. The molecule has 3 heteroatoms. The molecule has 0 bridgehead atoms. The Morgan fingerprint density at radius 3 is 2.92 bits per heavy atom. The number of ketones is 1. The molecule has 0 N–H and O–H groups in total. The van der Waals surface area contributed by atoms with Crippen LogP contribution in [0.3, 0.4) is 0 Å². The summed E-state index contributed by atoms with van der Waals surface area (Å²) in [5.74, 6) is 0.933. The Kier molecular flexibility index (Phi) is 2.94. The molecule has 2 rings (SSSR count). The van der Waals surface area contributed by atoms with Gasteiger partial charge in [-0.05, 0) is 24.6 Å². The summed E-state index contributed by atoms with van der Waals surface area (Å²) in [5, 5.41) is 0. The van der Waals surface area contributed by atoms with E-state index in [1.54, 1.807) is 0 Å². The lowest BCUT2D eigenvalue weighted by atomic mass is 10.0. The lowest BCUT2D eigenvalue weighted by molar-refractivity contribution is 0.0933. The summed E-state index contributed by atoms with van der Waals surface area (Å²) in [6.07, 6.45) is 0.510. The zero-order valence-electron chi connectivity index (χ0n) is 7.37. The van der Waals surface area contributed by atoms with Crippen molar-refractivity contribution >= 4 is 18.2 Å². The second-order valence-corrected chi connectivity index (χ2v) is 3.02. The van der Waals surface area contributed by atoms with E-state index in [9.17, 15) is 4.79 Å². The van der Waals surface area contributed by atoms with Crippen molar-refractivity contribution in [2.24, 2.45) is 0 Å². The molecule has 0 spiro atoms. The van der Waals surface area contributed by atoms with Crippen LogP contribution < -0.4 is 4.74 Å². The van der Waals surface area contributed by atoms with Crippen LogP contribution in [0.2, 0.25) is 0 Å². The molecule has 0 aromatic heterocycles. The topological polar surface area (TPSA) is 26.3 Å². The molecule has 0 amide bonds. The number of carbonyl (C=O) groups is 1. The third-order valence-corrected chi connectivity index (χ3v) is 2.02. The van der Waals surface area contributed by atoms with E-state index in [1.807, 2.05) is 25.1 Å². The van der Waals surface area contributed by atoms with Crippen LogP contribution in [0.15, 0.2) is 18.2 Å². The third kappa shape index (κ3) is 1.83. The van der Waals surface area contributed by atoms with Crippen molar-refractivity contribution in [3.05, 3.63) is 29.3 Å². The smallest absolute Gasteiger partial charge is 0.169 e. The van der Waals surface area contributed by atoms with Gasteiger partial charge in [0.05, 0.1) is 12.2 Å². The van der Waals surface area contributed by atoms with Crippen molar-refractivity contribution in [2.75, 3.05) is 6.61 Å². The molecule has 0 unspecified atom stereocenters. The van der Waals surface area contributed by atoms with Crippen molar-refractivity contribution in [1.82, 2.24) is 0 Å². The van der Waals surface area contributed by atoms with Crippen LogP contribution in [0.1, 0.15) is 22.3 Å². The predicted molar refractivity (Wildman–Crippen MR) is 52.9 cm³/mol. The maximum absolute atomic E-state index is 11.3. The highest BCUT2D eigenvalue weighted by Crippen LogP contribution is 2.25.